The molecule has 1 aliphatic heterocycles. The molecule has 2 aliphatic rings. The summed E-state index contributed by atoms with van der Waals surface area (Å²) in [6, 6.07) is 13.9. The van der Waals surface area contributed by atoms with Crippen molar-refractivity contribution >= 4 is 17.5 Å². The number of hydrogen-bond acceptors (Lipinski definition) is 3. The van der Waals surface area contributed by atoms with E-state index < -0.39 is 0 Å². The van der Waals surface area contributed by atoms with Gasteiger partial charge in [0.1, 0.15) is 5.82 Å². The van der Waals surface area contributed by atoms with E-state index in [0.717, 1.165) is 35.6 Å². The number of rotatable bonds is 8. The molecule has 2 aromatic carbocycles. The maximum absolute atomic E-state index is 14.1. The summed E-state index contributed by atoms with van der Waals surface area (Å²) in [4.78, 5) is 2.69. The van der Waals surface area contributed by atoms with Crippen LogP contribution in [0.25, 0.3) is 11.8 Å². The second kappa shape index (κ2) is 10.8. The summed E-state index contributed by atoms with van der Waals surface area (Å²) in [5.41, 5.74) is 4.53. The van der Waals surface area contributed by atoms with Crippen molar-refractivity contribution < 1.29 is 4.39 Å². The molecule has 0 amide bonds. The van der Waals surface area contributed by atoms with Gasteiger partial charge in [-0.3, -0.25) is 4.90 Å². The minimum Gasteiger partial charge on any atom is -0.387 e. The predicted octanol–water partition coefficient (Wildman–Crippen LogP) is 6.86. The second-order valence-electron chi connectivity index (χ2n) is 8.49. The first kappa shape index (κ1) is 24.1. The fourth-order valence-corrected chi connectivity index (χ4v) is 5.23. The smallest absolute Gasteiger partial charge is 0.125 e. The predicted molar refractivity (Wildman–Crippen MR) is 136 cm³/mol. The van der Waals surface area contributed by atoms with Crippen LogP contribution in [0.15, 0.2) is 55.6 Å². The summed E-state index contributed by atoms with van der Waals surface area (Å²) in [5.74, 6) is -0.280. The van der Waals surface area contributed by atoms with Crippen LogP contribution < -0.4 is 10.6 Å². The Labute approximate surface area is 193 Å². The van der Waals surface area contributed by atoms with Crippen LogP contribution in [0, 0.1) is 5.82 Å². The highest BCUT2D eigenvalue weighted by molar-refractivity contribution is 5.81. The van der Waals surface area contributed by atoms with Gasteiger partial charge in [-0.1, -0.05) is 63.4 Å². The number of hydrogen-bond donors (Lipinski definition) is 2. The summed E-state index contributed by atoms with van der Waals surface area (Å²) < 4.78 is 14.1. The molecule has 1 aliphatic carbocycles. The molecule has 1 saturated heterocycles. The first-order valence-electron chi connectivity index (χ1n) is 12.0. The lowest BCUT2D eigenvalue weighted by atomic mass is 9.68. The van der Waals surface area contributed by atoms with Crippen LogP contribution in [0.4, 0.5) is 10.1 Å². The Kier molecular flexibility index (Phi) is 8.14. The molecule has 1 unspecified atom stereocenters. The van der Waals surface area contributed by atoms with Gasteiger partial charge in [-0.2, -0.15) is 0 Å². The van der Waals surface area contributed by atoms with Gasteiger partial charge in [-0.25, -0.2) is 4.39 Å². The Bertz CT molecular complexity index is 912. The highest BCUT2D eigenvalue weighted by Gasteiger charge is 2.50. The Hall–Kier alpha value is -2.59. The molecule has 1 heterocycles. The third-order valence-electron chi connectivity index (χ3n) is 6.87. The van der Waals surface area contributed by atoms with Gasteiger partial charge in [0.25, 0.3) is 0 Å². The number of anilines is 1. The van der Waals surface area contributed by atoms with Crippen LogP contribution in [0.1, 0.15) is 68.7 Å². The molecule has 0 aromatic heterocycles. The summed E-state index contributed by atoms with van der Waals surface area (Å²) >= 11 is 0. The van der Waals surface area contributed by atoms with Gasteiger partial charge in [-0.15, -0.1) is 0 Å². The molecule has 1 saturated carbocycles. The van der Waals surface area contributed by atoms with E-state index in [2.05, 4.69) is 59.0 Å². The third kappa shape index (κ3) is 4.61. The van der Waals surface area contributed by atoms with Gasteiger partial charge >= 0.3 is 0 Å². The molecule has 0 radical (unpaired) electrons. The van der Waals surface area contributed by atoms with Crippen molar-refractivity contribution in [1.29, 1.82) is 0 Å². The quantitative estimate of drug-likeness (QED) is 0.474. The standard InChI is InChI=1S/C26H32FN3.C2H6/c1-4-20-17-22(27)18-23(28-3)24(20)19(2)29-25(21-11-6-5-7-12-21)26(13-10-14-26)30-15-8-9-16-30;1-2/h4-7,11-12,17-18,25,28-29H,1-2,8-10,13-16H2,3H3;1-2H3. The minimum atomic E-state index is -0.280. The molecule has 0 spiro atoms. The van der Waals surface area contributed by atoms with Crippen molar-refractivity contribution in [2.24, 2.45) is 0 Å². The van der Waals surface area contributed by atoms with E-state index in [4.69, 9.17) is 0 Å². The summed E-state index contributed by atoms with van der Waals surface area (Å²) in [5, 5.41) is 6.92. The summed E-state index contributed by atoms with van der Waals surface area (Å²) in [6.45, 7) is 14.6. The van der Waals surface area contributed by atoms with Crippen molar-refractivity contribution in [1.82, 2.24) is 10.2 Å². The number of likely N-dealkylation sites (tertiary alicyclic amines) is 1. The van der Waals surface area contributed by atoms with E-state index in [1.165, 1.54) is 49.8 Å². The normalized spacial score (nSPS) is 18.0. The zero-order chi connectivity index (χ0) is 23.1. The van der Waals surface area contributed by atoms with E-state index in [-0.39, 0.29) is 17.4 Å². The lowest BCUT2D eigenvalue weighted by molar-refractivity contribution is 0.00377. The number of halogens is 1. The first-order chi connectivity index (χ1) is 15.6. The van der Waals surface area contributed by atoms with E-state index in [1.807, 2.05) is 20.9 Å². The van der Waals surface area contributed by atoms with E-state index >= 15 is 0 Å². The maximum atomic E-state index is 14.1. The molecule has 32 heavy (non-hydrogen) atoms. The molecule has 2 fully saturated rings. The second-order valence-corrected chi connectivity index (χ2v) is 8.49. The number of benzene rings is 2. The fourth-order valence-electron chi connectivity index (χ4n) is 5.23. The monoisotopic (exact) mass is 435 g/mol. The van der Waals surface area contributed by atoms with E-state index in [1.54, 1.807) is 6.08 Å². The maximum Gasteiger partial charge on any atom is 0.125 e. The number of nitrogens with zero attached hydrogens (tertiary/aromatic N) is 1. The summed E-state index contributed by atoms with van der Waals surface area (Å²) in [6.07, 6.45) is 7.86. The molecule has 4 rings (SSSR count). The topological polar surface area (TPSA) is 27.3 Å². The summed E-state index contributed by atoms with van der Waals surface area (Å²) in [7, 11) is 1.81. The average Bonchev–Trinajstić information content (AvgIpc) is 3.33. The lowest BCUT2D eigenvalue weighted by Crippen LogP contribution is -2.59. The Morgan fingerprint density at radius 3 is 2.28 bits per heavy atom. The van der Waals surface area contributed by atoms with Crippen LogP contribution in [0.2, 0.25) is 0 Å². The van der Waals surface area contributed by atoms with Crippen molar-refractivity contribution in [3.8, 4) is 0 Å². The fraction of sp³-hybridized carbons (Fsp3) is 0.429. The highest BCUT2D eigenvalue weighted by atomic mass is 19.1. The van der Waals surface area contributed by atoms with Crippen molar-refractivity contribution in [2.75, 3.05) is 25.5 Å². The third-order valence-corrected chi connectivity index (χ3v) is 6.87. The highest BCUT2D eigenvalue weighted by Crippen LogP contribution is 2.49. The molecular weight excluding hydrogens is 397 g/mol. The molecule has 3 nitrogen and oxygen atoms in total. The van der Waals surface area contributed by atoms with Gasteiger partial charge in [0.15, 0.2) is 0 Å². The molecule has 2 N–H and O–H groups in total. The van der Waals surface area contributed by atoms with Gasteiger partial charge in [0.2, 0.25) is 0 Å². The van der Waals surface area contributed by atoms with Crippen LogP contribution in [-0.2, 0) is 0 Å². The zero-order valence-corrected chi connectivity index (χ0v) is 19.9. The van der Waals surface area contributed by atoms with Crippen molar-refractivity contribution in [3.63, 3.8) is 0 Å². The van der Waals surface area contributed by atoms with Gasteiger partial charge < -0.3 is 10.6 Å². The number of nitrogens with one attached hydrogen (secondary N) is 2. The first-order valence-corrected chi connectivity index (χ1v) is 12.0. The van der Waals surface area contributed by atoms with Crippen LogP contribution in [0.5, 0.6) is 0 Å². The molecule has 172 valence electrons. The largest absolute Gasteiger partial charge is 0.387 e. The van der Waals surface area contributed by atoms with E-state index in [0.29, 0.717) is 0 Å². The molecular formula is C28H38FN3. The average molecular weight is 436 g/mol. The van der Waals surface area contributed by atoms with Crippen molar-refractivity contribution in [2.45, 2.75) is 57.5 Å². The molecule has 2 aromatic rings. The van der Waals surface area contributed by atoms with Gasteiger partial charge in [-0.05, 0) is 68.5 Å². The molecule has 1 atom stereocenters. The lowest BCUT2D eigenvalue weighted by Gasteiger charge is -2.54. The van der Waals surface area contributed by atoms with E-state index in [9.17, 15) is 4.39 Å². The Morgan fingerprint density at radius 2 is 1.75 bits per heavy atom. The Balaban J connectivity index is 0.00000141. The van der Waals surface area contributed by atoms with Crippen LogP contribution in [-0.4, -0.2) is 30.6 Å². The van der Waals surface area contributed by atoms with Crippen LogP contribution in [0.3, 0.4) is 0 Å². The zero-order valence-electron chi connectivity index (χ0n) is 19.9. The van der Waals surface area contributed by atoms with Crippen molar-refractivity contribution in [3.05, 3.63) is 78.1 Å². The molecule has 4 heteroatoms. The molecule has 0 bridgehead atoms. The Morgan fingerprint density at radius 1 is 1.09 bits per heavy atom. The SMILES string of the molecule is C=Cc1cc(F)cc(NC)c1C(=C)NC(c1ccccc1)C1(N2CCCC2)CCC1.CC. The van der Waals surface area contributed by atoms with Crippen LogP contribution >= 0.6 is 0 Å². The van der Waals surface area contributed by atoms with Gasteiger partial charge in [0.05, 0.1) is 6.04 Å². The minimum absolute atomic E-state index is 0.106. The van der Waals surface area contributed by atoms with Gasteiger partial charge in [0, 0.05) is 29.5 Å².